The van der Waals surface area contributed by atoms with E-state index in [0.29, 0.717) is 5.56 Å². The number of aromatic carboxylic acids is 3. The van der Waals surface area contributed by atoms with Crippen LogP contribution in [0.3, 0.4) is 0 Å². The van der Waals surface area contributed by atoms with Crippen LogP contribution in [0.2, 0.25) is 0 Å². The van der Waals surface area contributed by atoms with E-state index in [9.17, 15) is 14.4 Å². The van der Waals surface area contributed by atoms with Crippen LogP contribution in [-0.4, -0.2) is 38.7 Å². The van der Waals surface area contributed by atoms with Gasteiger partial charge in [-0.1, -0.05) is 30.3 Å². The number of carboxylic acid groups (broad SMARTS) is 3. The van der Waals surface area contributed by atoms with Gasteiger partial charge in [0.15, 0.2) is 0 Å². The molecule has 0 aliphatic rings. The average Bonchev–Trinajstić information content (AvgIpc) is 2.48. The molecule has 5 N–H and O–H groups in total. The van der Waals surface area contributed by atoms with Crippen LogP contribution in [0.15, 0.2) is 54.6 Å². The molecule has 0 aromatic heterocycles. The van der Waals surface area contributed by atoms with E-state index in [4.69, 9.17) is 15.3 Å². The lowest BCUT2D eigenvalue weighted by atomic mass is 10.1. The van der Waals surface area contributed by atoms with E-state index >= 15 is 0 Å². The molecule has 22 heavy (non-hydrogen) atoms. The third kappa shape index (κ3) is 5.43. The van der Waals surface area contributed by atoms with Crippen LogP contribution < -0.4 is 0 Å². The number of hydrogen-bond acceptors (Lipinski definition) is 3. The van der Waals surface area contributed by atoms with Crippen molar-refractivity contribution < 1.29 is 35.2 Å². The Labute approximate surface area is 125 Å². The Balaban J connectivity index is 0.000000397. The first-order valence-corrected chi connectivity index (χ1v) is 5.77. The molecule has 2 aromatic carbocycles. The highest BCUT2D eigenvalue weighted by molar-refractivity contribution is 6.01. The summed E-state index contributed by atoms with van der Waals surface area (Å²) < 4.78 is 0. The van der Waals surface area contributed by atoms with Crippen molar-refractivity contribution in [3.63, 3.8) is 0 Å². The summed E-state index contributed by atoms with van der Waals surface area (Å²) in [4.78, 5) is 31.1. The standard InChI is InChI=1S/C8H6O4.C7H6O2.H2O/c9-7(10)5-3-1-2-4-6(5)8(11)12;8-7(9)6-4-2-1-3-5-6;/h1-4H,(H,9,10)(H,11,12);1-5H,(H,8,9);1H2. The molecule has 7 heteroatoms. The molecule has 7 nitrogen and oxygen atoms in total. The molecule has 0 amide bonds. The predicted molar refractivity (Wildman–Crippen MR) is 77.4 cm³/mol. The minimum Gasteiger partial charge on any atom is -0.478 e. The minimum absolute atomic E-state index is 0. The van der Waals surface area contributed by atoms with Crippen LogP contribution in [0.4, 0.5) is 0 Å². The Morgan fingerprint density at radius 1 is 0.591 bits per heavy atom. The lowest BCUT2D eigenvalue weighted by molar-refractivity contribution is 0.0651. The summed E-state index contributed by atoms with van der Waals surface area (Å²) in [7, 11) is 0. The van der Waals surface area contributed by atoms with Gasteiger partial charge in [-0.25, -0.2) is 14.4 Å². The molecule has 0 aliphatic heterocycles. The van der Waals surface area contributed by atoms with Crippen LogP contribution in [0.5, 0.6) is 0 Å². The Morgan fingerprint density at radius 3 is 1.23 bits per heavy atom. The van der Waals surface area contributed by atoms with Crippen molar-refractivity contribution in [1.82, 2.24) is 0 Å². The quantitative estimate of drug-likeness (QED) is 0.786. The number of carbonyl (C=O) groups is 3. The van der Waals surface area contributed by atoms with Gasteiger partial charge in [0.2, 0.25) is 0 Å². The number of rotatable bonds is 3. The summed E-state index contributed by atoms with van der Waals surface area (Å²) in [5.74, 6) is -3.34. The fourth-order valence-electron chi connectivity index (χ4n) is 1.44. The van der Waals surface area contributed by atoms with Crippen molar-refractivity contribution in [1.29, 1.82) is 0 Å². The molecule has 0 atom stereocenters. The molecule has 0 unspecified atom stereocenters. The van der Waals surface area contributed by atoms with E-state index in [1.54, 1.807) is 30.3 Å². The Hall–Kier alpha value is -3.19. The minimum atomic E-state index is -1.23. The second-order valence-electron chi connectivity index (χ2n) is 3.83. The van der Waals surface area contributed by atoms with E-state index in [2.05, 4.69) is 0 Å². The van der Waals surface area contributed by atoms with Crippen LogP contribution in [-0.2, 0) is 0 Å². The summed E-state index contributed by atoms with van der Waals surface area (Å²) >= 11 is 0. The average molecular weight is 306 g/mol. The Kier molecular flexibility index (Phi) is 7.59. The number of hydrogen-bond donors (Lipinski definition) is 3. The summed E-state index contributed by atoms with van der Waals surface area (Å²) in [5, 5.41) is 25.5. The molecule has 0 radical (unpaired) electrons. The Bertz CT molecular complexity index is 617. The molecule has 0 bridgehead atoms. The maximum absolute atomic E-state index is 10.5. The normalized spacial score (nSPS) is 8.73. The molecule has 116 valence electrons. The summed E-state index contributed by atoms with van der Waals surface area (Å²) in [5.41, 5.74) is -0.0486. The van der Waals surface area contributed by atoms with Crippen molar-refractivity contribution in [2.24, 2.45) is 0 Å². The van der Waals surface area contributed by atoms with Crippen molar-refractivity contribution in [2.45, 2.75) is 0 Å². The highest BCUT2D eigenvalue weighted by atomic mass is 16.4. The summed E-state index contributed by atoms with van der Waals surface area (Å²) in [6.45, 7) is 0. The van der Waals surface area contributed by atoms with Gasteiger partial charge in [0.1, 0.15) is 0 Å². The molecule has 0 heterocycles. The van der Waals surface area contributed by atoms with Gasteiger partial charge in [-0.3, -0.25) is 0 Å². The summed E-state index contributed by atoms with van der Waals surface area (Å²) in [6.07, 6.45) is 0. The van der Waals surface area contributed by atoms with Crippen LogP contribution in [0, 0.1) is 0 Å². The van der Waals surface area contributed by atoms with Gasteiger partial charge in [-0.2, -0.15) is 0 Å². The third-order valence-electron chi connectivity index (χ3n) is 2.41. The van der Waals surface area contributed by atoms with Crippen LogP contribution in [0.1, 0.15) is 31.1 Å². The zero-order valence-corrected chi connectivity index (χ0v) is 11.3. The maximum Gasteiger partial charge on any atom is 0.336 e. The summed E-state index contributed by atoms with van der Waals surface area (Å²) in [6, 6.07) is 13.8. The molecule has 2 aromatic rings. The molecule has 0 fully saturated rings. The first-order valence-electron chi connectivity index (χ1n) is 5.77. The number of carboxylic acids is 3. The van der Waals surface area contributed by atoms with Gasteiger partial charge in [-0.15, -0.1) is 0 Å². The highest BCUT2D eigenvalue weighted by Gasteiger charge is 2.13. The molecule has 0 saturated carbocycles. The zero-order chi connectivity index (χ0) is 15.8. The monoisotopic (exact) mass is 306 g/mol. The maximum atomic E-state index is 10.5. The van der Waals surface area contributed by atoms with Crippen LogP contribution in [0.25, 0.3) is 0 Å². The second kappa shape index (κ2) is 8.88. The largest absolute Gasteiger partial charge is 0.478 e. The van der Waals surface area contributed by atoms with Crippen molar-refractivity contribution in [3.8, 4) is 0 Å². The van der Waals surface area contributed by atoms with Gasteiger partial charge in [0.25, 0.3) is 0 Å². The van der Waals surface area contributed by atoms with Crippen LogP contribution >= 0.6 is 0 Å². The Morgan fingerprint density at radius 2 is 0.955 bits per heavy atom. The van der Waals surface area contributed by atoms with E-state index in [-0.39, 0.29) is 16.6 Å². The molecular weight excluding hydrogens is 292 g/mol. The van der Waals surface area contributed by atoms with Crippen molar-refractivity contribution >= 4 is 17.9 Å². The first kappa shape index (κ1) is 18.8. The lowest BCUT2D eigenvalue weighted by Gasteiger charge is -1.98. The lowest BCUT2D eigenvalue weighted by Crippen LogP contribution is -2.06. The highest BCUT2D eigenvalue weighted by Crippen LogP contribution is 2.07. The zero-order valence-electron chi connectivity index (χ0n) is 11.3. The number of benzene rings is 2. The molecular formula is C15H14O7. The third-order valence-corrected chi connectivity index (χ3v) is 2.41. The van der Waals surface area contributed by atoms with Gasteiger partial charge < -0.3 is 20.8 Å². The molecule has 0 spiro atoms. The van der Waals surface area contributed by atoms with E-state index in [1.165, 1.54) is 24.3 Å². The molecule has 2 rings (SSSR count). The van der Waals surface area contributed by atoms with Gasteiger partial charge in [0.05, 0.1) is 16.7 Å². The fraction of sp³-hybridized carbons (Fsp3) is 0. The smallest absolute Gasteiger partial charge is 0.336 e. The fourth-order valence-corrected chi connectivity index (χ4v) is 1.44. The van der Waals surface area contributed by atoms with Gasteiger partial charge in [-0.05, 0) is 24.3 Å². The van der Waals surface area contributed by atoms with Gasteiger partial charge >= 0.3 is 17.9 Å². The van der Waals surface area contributed by atoms with E-state index < -0.39 is 17.9 Å². The van der Waals surface area contributed by atoms with Crippen molar-refractivity contribution in [2.75, 3.05) is 0 Å². The van der Waals surface area contributed by atoms with E-state index in [0.717, 1.165) is 0 Å². The second-order valence-corrected chi connectivity index (χ2v) is 3.83. The molecule has 0 aliphatic carbocycles. The van der Waals surface area contributed by atoms with Gasteiger partial charge in [0, 0.05) is 0 Å². The predicted octanol–water partition coefficient (Wildman–Crippen LogP) is 1.64. The van der Waals surface area contributed by atoms with Crippen molar-refractivity contribution in [3.05, 3.63) is 71.3 Å². The topological polar surface area (TPSA) is 143 Å². The van der Waals surface area contributed by atoms with E-state index in [1.807, 2.05) is 0 Å². The SMILES string of the molecule is O.O=C(O)c1ccccc1.O=C(O)c1ccccc1C(=O)O. The first-order chi connectivity index (χ1) is 9.93. The molecule has 0 saturated heterocycles.